The van der Waals surface area contributed by atoms with Crippen molar-refractivity contribution in [3.05, 3.63) is 64.4 Å². The third-order valence-corrected chi connectivity index (χ3v) is 3.77. The number of halogens is 2. The number of anilines is 1. The van der Waals surface area contributed by atoms with E-state index in [1.165, 1.54) is 12.1 Å². The highest BCUT2D eigenvalue weighted by Crippen LogP contribution is 2.25. The van der Waals surface area contributed by atoms with E-state index in [4.69, 9.17) is 22.6 Å². The van der Waals surface area contributed by atoms with Gasteiger partial charge >= 0.3 is 0 Å². The first-order valence-electron chi connectivity index (χ1n) is 6.97. The molecule has 2 aromatic carbocycles. The largest absolute Gasteiger partial charge is 0.382 e. The Morgan fingerprint density at radius 3 is 2.61 bits per heavy atom. The number of carbonyl (C=O) groups excluding carboxylic acids is 1. The molecular formula is C17H15ClFN3O. The first kappa shape index (κ1) is 16.8. The van der Waals surface area contributed by atoms with Gasteiger partial charge in [0.25, 0.3) is 0 Å². The van der Waals surface area contributed by atoms with Crippen LogP contribution in [0.4, 0.5) is 10.1 Å². The van der Waals surface area contributed by atoms with Crippen LogP contribution in [0.2, 0.25) is 5.02 Å². The molecule has 0 fully saturated rings. The Hall–Kier alpha value is -2.58. The summed E-state index contributed by atoms with van der Waals surface area (Å²) in [6.45, 7) is 0.227. The van der Waals surface area contributed by atoms with Crippen LogP contribution in [-0.4, -0.2) is 12.5 Å². The number of carbonyl (C=O) groups is 1. The second-order valence-electron chi connectivity index (χ2n) is 5.08. The molecule has 3 N–H and O–H groups in total. The number of hydrogen-bond acceptors (Lipinski definition) is 3. The van der Waals surface area contributed by atoms with Crippen LogP contribution >= 0.6 is 11.6 Å². The molecule has 118 valence electrons. The minimum Gasteiger partial charge on any atom is -0.382 e. The first-order chi connectivity index (χ1) is 11.0. The van der Waals surface area contributed by atoms with Crippen molar-refractivity contribution in [2.75, 3.05) is 11.9 Å². The van der Waals surface area contributed by atoms with Crippen LogP contribution in [0.5, 0.6) is 0 Å². The average Bonchev–Trinajstić information content (AvgIpc) is 2.53. The van der Waals surface area contributed by atoms with Gasteiger partial charge in [0.2, 0.25) is 5.91 Å². The average molecular weight is 332 g/mol. The van der Waals surface area contributed by atoms with Crippen molar-refractivity contribution in [2.45, 2.75) is 6.42 Å². The molecule has 2 aromatic rings. The fourth-order valence-electron chi connectivity index (χ4n) is 2.20. The van der Waals surface area contributed by atoms with E-state index in [0.29, 0.717) is 22.7 Å². The van der Waals surface area contributed by atoms with E-state index in [0.717, 1.165) is 5.56 Å². The lowest BCUT2D eigenvalue weighted by Gasteiger charge is -2.16. The quantitative estimate of drug-likeness (QED) is 0.853. The molecule has 0 aliphatic rings. The summed E-state index contributed by atoms with van der Waals surface area (Å²) in [5.74, 6) is -1.33. The number of nitrogens with one attached hydrogen (secondary N) is 1. The van der Waals surface area contributed by atoms with Crippen molar-refractivity contribution in [2.24, 2.45) is 11.7 Å². The summed E-state index contributed by atoms with van der Waals surface area (Å²) in [5, 5.41) is 12.5. The summed E-state index contributed by atoms with van der Waals surface area (Å²) in [6, 6.07) is 12.9. The molecule has 1 amide bonds. The Labute approximate surface area is 138 Å². The van der Waals surface area contributed by atoms with E-state index < -0.39 is 11.8 Å². The lowest BCUT2D eigenvalue weighted by molar-refractivity contribution is -0.121. The van der Waals surface area contributed by atoms with Crippen LogP contribution in [0.1, 0.15) is 11.1 Å². The van der Waals surface area contributed by atoms with Crippen LogP contribution < -0.4 is 11.1 Å². The van der Waals surface area contributed by atoms with Gasteiger partial charge < -0.3 is 11.1 Å². The summed E-state index contributed by atoms with van der Waals surface area (Å²) in [4.78, 5) is 11.6. The molecule has 0 heterocycles. The van der Waals surface area contributed by atoms with Crippen LogP contribution in [0.25, 0.3) is 0 Å². The fraction of sp³-hybridized carbons (Fsp3) is 0.176. The molecule has 0 radical (unpaired) electrons. The monoisotopic (exact) mass is 331 g/mol. The van der Waals surface area contributed by atoms with E-state index in [1.807, 2.05) is 6.07 Å². The van der Waals surface area contributed by atoms with Gasteiger partial charge in [0.1, 0.15) is 11.9 Å². The molecule has 0 aromatic heterocycles. The van der Waals surface area contributed by atoms with Crippen LogP contribution in [0, 0.1) is 23.1 Å². The van der Waals surface area contributed by atoms with Crippen molar-refractivity contribution >= 4 is 23.2 Å². The Balaban J connectivity index is 2.11. The molecule has 23 heavy (non-hydrogen) atoms. The van der Waals surface area contributed by atoms with Gasteiger partial charge in [-0.15, -0.1) is 0 Å². The fourth-order valence-corrected chi connectivity index (χ4v) is 2.44. The number of nitriles is 1. The molecule has 4 nitrogen and oxygen atoms in total. The number of nitrogens with two attached hydrogens (primary N) is 1. The van der Waals surface area contributed by atoms with Crippen molar-refractivity contribution in [3.63, 3.8) is 0 Å². The summed E-state index contributed by atoms with van der Waals surface area (Å²) in [5.41, 5.74) is 7.10. The van der Waals surface area contributed by atoms with Crippen LogP contribution in [-0.2, 0) is 11.2 Å². The lowest BCUT2D eigenvalue weighted by Crippen LogP contribution is -2.31. The smallest absolute Gasteiger partial charge is 0.222 e. The summed E-state index contributed by atoms with van der Waals surface area (Å²) >= 11 is 6.08. The van der Waals surface area contributed by atoms with Crippen molar-refractivity contribution in [3.8, 4) is 6.07 Å². The predicted octanol–water partition coefficient (Wildman–Crippen LogP) is 3.11. The summed E-state index contributed by atoms with van der Waals surface area (Å²) in [6.07, 6.45) is 0.370. The molecule has 0 saturated carbocycles. The number of benzene rings is 2. The second-order valence-corrected chi connectivity index (χ2v) is 5.49. The topological polar surface area (TPSA) is 78.9 Å². The molecular weight excluding hydrogens is 317 g/mol. The van der Waals surface area contributed by atoms with Gasteiger partial charge in [-0.25, -0.2) is 4.39 Å². The zero-order valence-corrected chi connectivity index (χ0v) is 13.0. The minimum atomic E-state index is -0.511. The molecule has 0 saturated heterocycles. The molecule has 0 aliphatic heterocycles. The second kappa shape index (κ2) is 7.61. The van der Waals surface area contributed by atoms with E-state index in [2.05, 4.69) is 5.32 Å². The minimum absolute atomic E-state index is 0.227. The lowest BCUT2D eigenvalue weighted by atomic mass is 9.98. The molecule has 0 spiro atoms. The molecule has 6 heteroatoms. The highest BCUT2D eigenvalue weighted by Gasteiger charge is 2.17. The van der Waals surface area contributed by atoms with Crippen LogP contribution in [0.15, 0.2) is 42.5 Å². The molecule has 1 atom stereocenters. The zero-order valence-electron chi connectivity index (χ0n) is 12.2. The Kier molecular flexibility index (Phi) is 5.56. The van der Waals surface area contributed by atoms with E-state index in [9.17, 15) is 9.18 Å². The number of nitrogens with zero attached hydrogens (tertiary/aromatic N) is 1. The van der Waals surface area contributed by atoms with Gasteiger partial charge in [0, 0.05) is 6.54 Å². The number of amides is 1. The van der Waals surface area contributed by atoms with E-state index in [-0.39, 0.29) is 12.4 Å². The van der Waals surface area contributed by atoms with E-state index >= 15 is 0 Å². The zero-order chi connectivity index (χ0) is 16.8. The van der Waals surface area contributed by atoms with Gasteiger partial charge in [-0.3, -0.25) is 4.79 Å². The van der Waals surface area contributed by atoms with Gasteiger partial charge in [0.15, 0.2) is 0 Å². The molecule has 1 unspecified atom stereocenters. The van der Waals surface area contributed by atoms with Crippen molar-refractivity contribution < 1.29 is 9.18 Å². The first-order valence-corrected chi connectivity index (χ1v) is 7.35. The summed E-state index contributed by atoms with van der Waals surface area (Å²) < 4.78 is 12.9. The van der Waals surface area contributed by atoms with Crippen molar-refractivity contribution in [1.82, 2.24) is 0 Å². The molecule has 0 aliphatic carbocycles. The Morgan fingerprint density at radius 2 is 2.00 bits per heavy atom. The highest BCUT2D eigenvalue weighted by molar-refractivity contribution is 6.33. The summed E-state index contributed by atoms with van der Waals surface area (Å²) in [7, 11) is 0. The SMILES string of the molecule is N#Cc1cccc(Cl)c1NCC(Cc1ccc(F)cc1)C(N)=O. The van der Waals surface area contributed by atoms with Gasteiger partial charge in [0.05, 0.1) is 22.2 Å². The predicted molar refractivity (Wildman–Crippen MR) is 87.4 cm³/mol. The maximum absolute atomic E-state index is 12.9. The number of para-hydroxylation sites is 1. The third-order valence-electron chi connectivity index (χ3n) is 3.46. The third kappa shape index (κ3) is 4.44. The van der Waals surface area contributed by atoms with Gasteiger partial charge in [-0.2, -0.15) is 5.26 Å². The normalized spacial score (nSPS) is 11.5. The van der Waals surface area contributed by atoms with Crippen molar-refractivity contribution in [1.29, 1.82) is 5.26 Å². The number of hydrogen-bond donors (Lipinski definition) is 2. The number of primary amides is 1. The van der Waals surface area contributed by atoms with E-state index in [1.54, 1.807) is 30.3 Å². The maximum Gasteiger partial charge on any atom is 0.222 e. The maximum atomic E-state index is 12.9. The highest BCUT2D eigenvalue weighted by atomic mass is 35.5. The Morgan fingerprint density at radius 1 is 1.30 bits per heavy atom. The molecule has 2 rings (SSSR count). The number of rotatable bonds is 6. The van der Waals surface area contributed by atoms with Gasteiger partial charge in [-0.05, 0) is 36.2 Å². The van der Waals surface area contributed by atoms with Crippen LogP contribution in [0.3, 0.4) is 0 Å². The molecule has 0 bridgehead atoms. The standard InChI is InChI=1S/C17H15ClFN3O/c18-15-3-1-2-12(9-20)16(15)22-10-13(17(21)23)8-11-4-6-14(19)7-5-11/h1-7,13,22H,8,10H2,(H2,21,23). The Bertz CT molecular complexity index is 740. The van der Waals surface area contributed by atoms with Gasteiger partial charge in [-0.1, -0.05) is 29.8 Å².